The summed E-state index contributed by atoms with van der Waals surface area (Å²) in [6, 6.07) is 8.38. The van der Waals surface area contributed by atoms with Crippen molar-refractivity contribution >= 4 is 5.91 Å². The lowest BCUT2D eigenvalue weighted by Crippen LogP contribution is -2.30. The molecule has 2 atom stereocenters. The molecule has 2 unspecified atom stereocenters. The molecule has 0 radical (unpaired) electrons. The first kappa shape index (κ1) is 16.5. The largest absolute Gasteiger partial charge is 0.481 e. The molecule has 3 N–H and O–H groups in total. The fourth-order valence-electron chi connectivity index (χ4n) is 1.87. The quantitative estimate of drug-likeness (QED) is 0.728. The Balaban J connectivity index is 2.40. The highest BCUT2D eigenvalue weighted by Gasteiger charge is 2.09. The number of nitrogens with two attached hydrogens (primary N) is 1. The molecule has 0 aliphatic carbocycles. The van der Waals surface area contributed by atoms with Crippen LogP contribution in [0.1, 0.15) is 39.2 Å². The maximum Gasteiger partial charge on any atom is 0.258 e. The molecule has 20 heavy (non-hydrogen) atoms. The van der Waals surface area contributed by atoms with E-state index in [2.05, 4.69) is 19.2 Å². The second-order valence-corrected chi connectivity index (χ2v) is 5.20. The molecule has 0 spiro atoms. The summed E-state index contributed by atoms with van der Waals surface area (Å²) in [5.41, 5.74) is 6.44. The zero-order valence-corrected chi connectivity index (χ0v) is 12.7. The number of primary amides is 1. The average Bonchev–Trinajstić information content (AvgIpc) is 2.44. The third kappa shape index (κ3) is 6.06. The van der Waals surface area contributed by atoms with Crippen LogP contribution < -0.4 is 15.8 Å². The normalized spacial score (nSPS) is 13.8. The van der Waals surface area contributed by atoms with Gasteiger partial charge < -0.3 is 15.8 Å². The van der Waals surface area contributed by atoms with Gasteiger partial charge in [-0.2, -0.15) is 0 Å². The number of rotatable bonds is 9. The van der Waals surface area contributed by atoms with Gasteiger partial charge in [0.2, 0.25) is 0 Å². The molecule has 1 aromatic rings. The molecule has 0 saturated heterocycles. The highest BCUT2D eigenvalue weighted by Crippen LogP contribution is 2.15. The molecule has 4 nitrogen and oxygen atoms in total. The number of ether oxygens (including phenoxy) is 1. The summed E-state index contributed by atoms with van der Waals surface area (Å²) in [5, 5.41) is 3.48. The van der Waals surface area contributed by atoms with Gasteiger partial charge in [0.05, 0.1) is 0 Å². The van der Waals surface area contributed by atoms with Crippen LogP contribution in [0.15, 0.2) is 24.3 Å². The maximum atomic E-state index is 10.9. The third-order valence-electron chi connectivity index (χ3n) is 3.25. The molecule has 1 aromatic carbocycles. The van der Waals surface area contributed by atoms with Crippen molar-refractivity contribution in [3.05, 3.63) is 29.8 Å². The zero-order chi connectivity index (χ0) is 15.0. The SMILES string of the molecule is CCCNC(C)CCc1ccc(OC(C)C(N)=O)cc1. The molecular formula is C16H26N2O2. The minimum atomic E-state index is -0.598. The number of carbonyl (C=O) groups is 1. The summed E-state index contributed by atoms with van der Waals surface area (Å²) in [4.78, 5) is 10.9. The molecule has 0 aliphatic rings. The van der Waals surface area contributed by atoms with Gasteiger partial charge in [-0.05, 0) is 57.4 Å². The zero-order valence-electron chi connectivity index (χ0n) is 12.7. The Labute approximate surface area is 121 Å². The van der Waals surface area contributed by atoms with Gasteiger partial charge in [-0.25, -0.2) is 0 Å². The maximum absolute atomic E-state index is 10.9. The van der Waals surface area contributed by atoms with Gasteiger partial charge in [0, 0.05) is 6.04 Å². The first-order chi connectivity index (χ1) is 9.52. The number of carbonyl (C=O) groups excluding carboxylic acids is 1. The van der Waals surface area contributed by atoms with Crippen LogP contribution >= 0.6 is 0 Å². The van der Waals surface area contributed by atoms with Crippen molar-refractivity contribution in [3.63, 3.8) is 0 Å². The van der Waals surface area contributed by atoms with E-state index in [1.165, 1.54) is 5.56 Å². The Kier molecular flexibility index (Phi) is 7.09. The number of nitrogens with one attached hydrogen (secondary N) is 1. The predicted molar refractivity (Wildman–Crippen MR) is 81.8 cm³/mol. The van der Waals surface area contributed by atoms with Gasteiger partial charge in [-0.15, -0.1) is 0 Å². The van der Waals surface area contributed by atoms with Gasteiger partial charge in [0.25, 0.3) is 5.91 Å². The van der Waals surface area contributed by atoms with Gasteiger partial charge in [-0.3, -0.25) is 4.79 Å². The third-order valence-corrected chi connectivity index (χ3v) is 3.25. The Bertz CT molecular complexity index is 403. The number of hydrogen-bond donors (Lipinski definition) is 2. The smallest absolute Gasteiger partial charge is 0.258 e. The molecule has 4 heteroatoms. The summed E-state index contributed by atoms with van der Waals surface area (Å²) in [5.74, 6) is 0.224. The number of benzene rings is 1. The topological polar surface area (TPSA) is 64.3 Å². The van der Waals surface area contributed by atoms with Crippen LogP contribution in [-0.4, -0.2) is 24.6 Å². The monoisotopic (exact) mass is 278 g/mol. The molecule has 1 rings (SSSR count). The van der Waals surface area contributed by atoms with Crippen LogP contribution in [-0.2, 0) is 11.2 Å². The summed E-state index contributed by atoms with van der Waals surface area (Å²) in [6.45, 7) is 7.10. The van der Waals surface area contributed by atoms with Crippen molar-refractivity contribution in [3.8, 4) is 5.75 Å². The molecule has 0 aliphatic heterocycles. The minimum Gasteiger partial charge on any atom is -0.481 e. The van der Waals surface area contributed by atoms with E-state index < -0.39 is 12.0 Å². The highest BCUT2D eigenvalue weighted by molar-refractivity contribution is 5.78. The Morgan fingerprint density at radius 2 is 1.95 bits per heavy atom. The molecule has 0 saturated carbocycles. The van der Waals surface area contributed by atoms with E-state index in [-0.39, 0.29) is 0 Å². The van der Waals surface area contributed by atoms with Crippen LogP contribution in [0.3, 0.4) is 0 Å². The van der Waals surface area contributed by atoms with E-state index in [0.29, 0.717) is 11.8 Å². The standard InChI is InChI=1S/C16H26N2O2/c1-4-11-18-12(2)5-6-14-7-9-15(10-8-14)20-13(3)16(17)19/h7-10,12-13,18H,4-6,11H2,1-3H3,(H2,17,19). The van der Waals surface area contributed by atoms with E-state index >= 15 is 0 Å². The van der Waals surface area contributed by atoms with E-state index in [4.69, 9.17) is 10.5 Å². The summed E-state index contributed by atoms with van der Waals surface area (Å²) >= 11 is 0. The van der Waals surface area contributed by atoms with Crippen molar-refractivity contribution in [2.24, 2.45) is 5.73 Å². The first-order valence-corrected chi connectivity index (χ1v) is 7.31. The van der Waals surface area contributed by atoms with E-state index in [0.717, 1.165) is 25.8 Å². The molecule has 0 aromatic heterocycles. The molecule has 0 fully saturated rings. The average molecular weight is 278 g/mol. The lowest BCUT2D eigenvalue weighted by atomic mass is 10.1. The lowest BCUT2D eigenvalue weighted by molar-refractivity contribution is -0.123. The molecule has 0 heterocycles. The summed E-state index contributed by atoms with van der Waals surface area (Å²) in [7, 11) is 0. The van der Waals surface area contributed by atoms with Crippen LogP contribution in [0.2, 0.25) is 0 Å². The van der Waals surface area contributed by atoms with Crippen LogP contribution in [0, 0.1) is 0 Å². The van der Waals surface area contributed by atoms with Gasteiger partial charge in [0.15, 0.2) is 6.10 Å². The van der Waals surface area contributed by atoms with Crippen molar-refractivity contribution < 1.29 is 9.53 Å². The van der Waals surface area contributed by atoms with Gasteiger partial charge in [-0.1, -0.05) is 19.1 Å². The summed E-state index contributed by atoms with van der Waals surface area (Å²) in [6.07, 6.45) is 2.70. The second-order valence-electron chi connectivity index (χ2n) is 5.20. The summed E-state index contributed by atoms with van der Waals surface area (Å²) < 4.78 is 5.42. The number of aryl methyl sites for hydroxylation is 1. The molecular weight excluding hydrogens is 252 g/mol. The van der Waals surface area contributed by atoms with Crippen LogP contribution in [0.5, 0.6) is 5.75 Å². The fraction of sp³-hybridized carbons (Fsp3) is 0.562. The minimum absolute atomic E-state index is 0.454. The molecule has 0 bridgehead atoms. The van der Waals surface area contributed by atoms with Gasteiger partial charge >= 0.3 is 0 Å². The number of hydrogen-bond acceptors (Lipinski definition) is 3. The van der Waals surface area contributed by atoms with Crippen molar-refractivity contribution in [2.45, 2.75) is 52.2 Å². The Hall–Kier alpha value is -1.55. The Morgan fingerprint density at radius 1 is 1.30 bits per heavy atom. The van der Waals surface area contributed by atoms with E-state index in [1.807, 2.05) is 24.3 Å². The first-order valence-electron chi connectivity index (χ1n) is 7.31. The second kappa shape index (κ2) is 8.59. The molecule has 112 valence electrons. The lowest BCUT2D eigenvalue weighted by Gasteiger charge is -2.14. The van der Waals surface area contributed by atoms with Crippen LogP contribution in [0.25, 0.3) is 0 Å². The van der Waals surface area contributed by atoms with Crippen molar-refractivity contribution in [1.82, 2.24) is 5.32 Å². The van der Waals surface area contributed by atoms with E-state index in [1.54, 1.807) is 6.92 Å². The van der Waals surface area contributed by atoms with Gasteiger partial charge in [0.1, 0.15) is 5.75 Å². The highest BCUT2D eigenvalue weighted by atomic mass is 16.5. The van der Waals surface area contributed by atoms with Crippen molar-refractivity contribution in [1.29, 1.82) is 0 Å². The van der Waals surface area contributed by atoms with E-state index in [9.17, 15) is 4.79 Å². The van der Waals surface area contributed by atoms with Crippen LogP contribution in [0.4, 0.5) is 0 Å². The molecule has 1 amide bonds. The fourth-order valence-corrected chi connectivity index (χ4v) is 1.87. The Morgan fingerprint density at radius 3 is 2.50 bits per heavy atom. The number of amides is 1. The van der Waals surface area contributed by atoms with Crippen molar-refractivity contribution in [2.75, 3.05) is 6.54 Å². The predicted octanol–water partition coefficient (Wildman–Crippen LogP) is 2.26.